The van der Waals surface area contributed by atoms with E-state index in [1.165, 1.54) is 17.0 Å². The van der Waals surface area contributed by atoms with Gasteiger partial charge in [-0.2, -0.15) is 0 Å². The van der Waals surface area contributed by atoms with Crippen LogP contribution in [0.25, 0.3) is 0 Å². The minimum absolute atomic E-state index is 0.0138. The summed E-state index contributed by atoms with van der Waals surface area (Å²) in [5.41, 5.74) is 0.328. The second-order valence-electron chi connectivity index (χ2n) is 7.34. The van der Waals surface area contributed by atoms with Gasteiger partial charge in [0.1, 0.15) is 12.5 Å². The van der Waals surface area contributed by atoms with E-state index in [4.69, 9.17) is 16.3 Å². The van der Waals surface area contributed by atoms with Crippen LogP contribution in [0.1, 0.15) is 40.5 Å². The number of ether oxygens (including phenoxy) is 1. The van der Waals surface area contributed by atoms with E-state index in [0.29, 0.717) is 12.4 Å². The molecule has 0 radical (unpaired) electrons. The molecule has 1 aliphatic heterocycles. The number of nitrogens with zero attached hydrogens (tertiary/aromatic N) is 2. The lowest BCUT2D eigenvalue weighted by molar-refractivity contribution is -0.129. The molecule has 0 unspecified atom stereocenters. The fourth-order valence-electron chi connectivity index (χ4n) is 2.83. The highest BCUT2D eigenvalue weighted by Gasteiger charge is 2.38. The third-order valence-corrected chi connectivity index (χ3v) is 4.67. The molecule has 1 saturated heterocycles. The summed E-state index contributed by atoms with van der Waals surface area (Å²) in [7, 11) is 1.69. The molecule has 4 nitrogen and oxygen atoms in total. The molecule has 0 aliphatic carbocycles. The Bertz CT molecular complexity index is 603. The topological polar surface area (TPSA) is 32.8 Å². The lowest BCUT2D eigenvalue weighted by atomic mass is 10.1. The standard InChI is InChI=1S/C18H26ClFN2O2/c1-12-6-9-16(22(12)11-24-18(2,3)4)17(23)21(5)13-7-8-15(20)14(19)10-13/h7-8,10,12,16H,6,9,11H2,1-5H3/t12-,16+/m1/s1. The summed E-state index contributed by atoms with van der Waals surface area (Å²) in [4.78, 5) is 16.5. The maximum Gasteiger partial charge on any atom is 0.244 e. The van der Waals surface area contributed by atoms with Gasteiger partial charge in [0.15, 0.2) is 0 Å². The number of hydrogen-bond donors (Lipinski definition) is 0. The van der Waals surface area contributed by atoms with Gasteiger partial charge in [-0.3, -0.25) is 9.69 Å². The predicted octanol–water partition coefficient (Wildman–Crippen LogP) is 4.07. The number of carbonyl (C=O) groups is 1. The van der Waals surface area contributed by atoms with Crippen LogP contribution in [-0.2, 0) is 9.53 Å². The van der Waals surface area contributed by atoms with Crippen molar-refractivity contribution in [3.05, 3.63) is 29.0 Å². The van der Waals surface area contributed by atoms with Gasteiger partial charge < -0.3 is 9.64 Å². The van der Waals surface area contributed by atoms with E-state index in [2.05, 4.69) is 11.8 Å². The Morgan fingerprint density at radius 2 is 2.08 bits per heavy atom. The number of halogens is 2. The van der Waals surface area contributed by atoms with Crippen molar-refractivity contribution < 1.29 is 13.9 Å². The summed E-state index contributed by atoms with van der Waals surface area (Å²) >= 11 is 5.83. The molecule has 1 heterocycles. The normalized spacial score (nSPS) is 22.0. The van der Waals surface area contributed by atoms with E-state index in [1.54, 1.807) is 13.1 Å². The van der Waals surface area contributed by atoms with Gasteiger partial charge >= 0.3 is 0 Å². The first-order valence-corrected chi connectivity index (χ1v) is 8.60. The Labute approximate surface area is 148 Å². The van der Waals surface area contributed by atoms with Crippen LogP contribution in [0.2, 0.25) is 5.02 Å². The molecule has 2 atom stereocenters. The maximum atomic E-state index is 13.3. The first-order valence-electron chi connectivity index (χ1n) is 8.22. The summed E-state index contributed by atoms with van der Waals surface area (Å²) in [6.07, 6.45) is 1.73. The molecule has 1 fully saturated rings. The number of amides is 1. The van der Waals surface area contributed by atoms with Gasteiger partial charge in [-0.05, 0) is 58.7 Å². The average Bonchev–Trinajstić information content (AvgIpc) is 2.86. The zero-order chi connectivity index (χ0) is 18.1. The highest BCUT2D eigenvalue weighted by atomic mass is 35.5. The van der Waals surface area contributed by atoms with Crippen molar-refractivity contribution in [2.45, 2.75) is 58.2 Å². The number of benzene rings is 1. The molecule has 1 aliphatic rings. The van der Waals surface area contributed by atoms with Crippen molar-refractivity contribution in [1.29, 1.82) is 0 Å². The van der Waals surface area contributed by atoms with Gasteiger partial charge in [0.05, 0.1) is 16.7 Å². The number of likely N-dealkylation sites (tertiary alicyclic amines) is 1. The van der Waals surface area contributed by atoms with E-state index in [1.807, 2.05) is 20.8 Å². The van der Waals surface area contributed by atoms with Crippen molar-refractivity contribution in [2.75, 3.05) is 18.7 Å². The summed E-state index contributed by atoms with van der Waals surface area (Å²) in [5, 5.41) is 0.0138. The average molecular weight is 357 g/mol. The van der Waals surface area contributed by atoms with E-state index < -0.39 is 5.82 Å². The fourth-order valence-corrected chi connectivity index (χ4v) is 3.01. The quantitative estimate of drug-likeness (QED) is 0.815. The molecule has 0 bridgehead atoms. The molecule has 1 amide bonds. The summed E-state index contributed by atoms with van der Waals surface area (Å²) < 4.78 is 19.2. The molecule has 0 aromatic heterocycles. The molecule has 6 heteroatoms. The molecule has 0 N–H and O–H groups in total. The summed E-state index contributed by atoms with van der Waals surface area (Å²) in [6, 6.07) is 4.36. The molecule has 1 aromatic rings. The van der Waals surface area contributed by atoms with Crippen LogP contribution in [0, 0.1) is 5.82 Å². The van der Waals surface area contributed by atoms with Gasteiger partial charge in [-0.15, -0.1) is 0 Å². The molecule has 2 rings (SSSR count). The third kappa shape index (κ3) is 4.47. The summed E-state index contributed by atoms with van der Waals surface area (Å²) in [6.45, 7) is 8.51. The lowest BCUT2D eigenvalue weighted by Crippen LogP contribution is -2.48. The molecule has 0 saturated carbocycles. The van der Waals surface area contributed by atoms with Crippen LogP contribution >= 0.6 is 11.6 Å². The van der Waals surface area contributed by atoms with Gasteiger partial charge in [0.2, 0.25) is 5.91 Å². The van der Waals surface area contributed by atoms with Crippen molar-refractivity contribution in [3.63, 3.8) is 0 Å². The summed E-state index contributed by atoms with van der Waals surface area (Å²) in [5.74, 6) is -0.518. The van der Waals surface area contributed by atoms with Crippen LogP contribution in [0.4, 0.5) is 10.1 Å². The Morgan fingerprint density at radius 3 is 2.67 bits per heavy atom. The van der Waals surface area contributed by atoms with E-state index in [9.17, 15) is 9.18 Å². The third-order valence-electron chi connectivity index (χ3n) is 4.38. The first kappa shape index (κ1) is 19.2. The number of anilines is 1. The van der Waals surface area contributed by atoms with Gasteiger partial charge in [0, 0.05) is 18.8 Å². The van der Waals surface area contributed by atoms with Gasteiger partial charge in [-0.25, -0.2) is 4.39 Å². The number of likely N-dealkylation sites (N-methyl/N-ethyl adjacent to an activating group) is 1. The second kappa shape index (κ2) is 7.38. The van der Waals surface area contributed by atoms with Gasteiger partial charge in [0.25, 0.3) is 0 Å². The molecule has 1 aromatic carbocycles. The molecular formula is C18H26ClFN2O2. The number of rotatable bonds is 4. The van der Waals surface area contributed by atoms with Crippen LogP contribution in [0.3, 0.4) is 0 Å². The Hall–Kier alpha value is -1.17. The molecule has 0 spiro atoms. The molecule has 24 heavy (non-hydrogen) atoms. The second-order valence-corrected chi connectivity index (χ2v) is 7.75. The van der Waals surface area contributed by atoms with Gasteiger partial charge in [-0.1, -0.05) is 11.6 Å². The van der Waals surface area contributed by atoms with Crippen LogP contribution in [0.5, 0.6) is 0 Å². The SMILES string of the molecule is C[C@@H]1CC[C@@H](C(=O)N(C)c2ccc(F)c(Cl)c2)N1COC(C)(C)C. The molecule has 134 valence electrons. The van der Waals surface area contributed by atoms with E-state index in [0.717, 1.165) is 12.8 Å². The highest BCUT2D eigenvalue weighted by Crippen LogP contribution is 2.28. The zero-order valence-electron chi connectivity index (χ0n) is 15.0. The van der Waals surface area contributed by atoms with E-state index in [-0.39, 0.29) is 28.6 Å². The zero-order valence-corrected chi connectivity index (χ0v) is 15.7. The van der Waals surface area contributed by atoms with E-state index >= 15 is 0 Å². The molecular weight excluding hydrogens is 331 g/mol. The largest absolute Gasteiger partial charge is 0.360 e. The predicted molar refractivity (Wildman–Crippen MR) is 94.8 cm³/mol. The van der Waals surface area contributed by atoms with Crippen molar-refractivity contribution >= 4 is 23.2 Å². The number of hydrogen-bond acceptors (Lipinski definition) is 3. The Morgan fingerprint density at radius 1 is 1.42 bits per heavy atom. The van der Waals surface area contributed by atoms with Crippen LogP contribution in [0.15, 0.2) is 18.2 Å². The Kier molecular flexibility index (Phi) is 5.89. The minimum atomic E-state index is -0.490. The first-order chi connectivity index (χ1) is 11.1. The highest BCUT2D eigenvalue weighted by molar-refractivity contribution is 6.31. The van der Waals surface area contributed by atoms with Crippen molar-refractivity contribution in [1.82, 2.24) is 4.90 Å². The van der Waals surface area contributed by atoms with Crippen molar-refractivity contribution in [3.8, 4) is 0 Å². The maximum absolute atomic E-state index is 13.3. The lowest BCUT2D eigenvalue weighted by Gasteiger charge is -2.32. The monoisotopic (exact) mass is 356 g/mol. The van der Waals surface area contributed by atoms with Crippen LogP contribution < -0.4 is 4.90 Å². The Balaban J connectivity index is 2.12. The van der Waals surface area contributed by atoms with Crippen LogP contribution in [-0.4, -0.2) is 42.3 Å². The number of carbonyl (C=O) groups excluding carboxylic acids is 1. The minimum Gasteiger partial charge on any atom is -0.360 e. The van der Waals surface area contributed by atoms with Crippen molar-refractivity contribution in [2.24, 2.45) is 0 Å². The fraction of sp³-hybridized carbons (Fsp3) is 0.611. The smallest absolute Gasteiger partial charge is 0.244 e.